The molecular formula is C11H19O7P. The van der Waals surface area contributed by atoms with Gasteiger partial charge in [0.2, 0.25) is 6.79 Å². The molecule has 1 rings (SSSR count). The smallest absolute Gasteiger partial charge is 0.437 e. The topological polar surface area (TPSA) is 110 Å². The molecule has 2 N–H and O–H groups in total. The minimum atomic E-state index is -4.63. The third-order valence-corrected chi connectivity index (χ3v) is 4.01. The second-order valence-corrected chi connectivity index (χ2v) is 6.35. The fourth-order valence-electron chi connectivity index (χ4n) is 2.19. The summed E-state index contributed by atoms with van der Waals surface area (Å²) in [5.41, 5.74) is -0.718. The van der Waals surface area contributed by atoms with Crippen LogP contribution in [-0.4, -0.2) is 28.3 Å². The summed E-state index contributed by atoms with van der Waals surface area (Å²) in [6.07, 6.45) is 2.29. The van der Waals surface area contributed by atoms with Gasteiger partial charge in [-0.2, -0.15) is 0 Å². The van der Waals surface area contributed by atoms with Gasteiger partial charge in [-0.3, -0.25) is 9.59 Å². The van der Waals surface area contributed by atoms with Gasteiger partial charge in [0.15, 0.2) is 0 Å². The van der Waals surface area contributed by atoms with E-state index < -0.39 is 26.0 Å². The molecule has 0 spiro atoms. The normalized spacial score (nSPS) is 27.9. The Morgan fingerprint density at radius 1 is 1.32 bits per heavy atom. The molecule has 1 aliphatic rings. The van der Waals surface area contributed by atoms with Gasteiger partial charge in [0.05, 0.1) is 5.41 Å². The maximum atomic E-state index is 11.8. The van der Waals surface area contributed by atoms with E-state index in [1.165, 1.54) is 0 Å². The number of rotatable bonds is 5. The lowest BCUT2D eigenvalue weighted by atomic mass is 9.71. The Balaban J connectivity index is 2.44. The molecule has 8 heteroatoms. The summed E-state index contributed by atoms with van der Waals surface area (Å²) < 4.78 is 19.2. The predicted octanol–water partition coefficient (Wildman–Crippen LogP) is 1.38. The minimum absolute atomic E-state index is 0.00720. The molecule has 0 aromatic heterocycles. The van der Waals surface area contributed by atoms with Crippen LogP contribution in [0.4, 0.5) is 0 Å². The number of ketones is 1. The van der Waals surface area contributed by atoms with Gasteiger partial charge in [-0.1, -0.05) is 0 Å². The van der Waals surface area contributed by atoms with Crippen LogP contribution in [0.5, 0.6) is 0 Å². The lowest BCUT2D eigenvalue weighted by Crippen LogP contribution is -2.35. The molecule has 1 aliphatic carbocycles. The van der Waals surface area contributed by atoms with Gasteiger partial charge in [0.1, 0.15) is 5.78 Å². The van der Waals surface area contributed by atoms with Crippen molar-refractivity contribution in [3.05, 3.63) is 0 Å². The summed E-state index contributed by atoms with van der Waals surface area (Å²) in [6.45, 7) is 2.50. The molecule has 1 fully saturated rings. The summed E-state index contributed by atoms with van der Waals surface area (Å²) in [7, 11) is -4.63. The SMILES string of the molecule is CC(=O)C1CCC(C)(C(=O)OCOP(=O)(O)O)CC1. The summed E-state index contributed by atoms with van der Waals surface area (Å²) in [6, 6.07) is 0. The molecule has 0 aromatic carbocycles. The van der Waals surface area contributed by atoms with E-state index in [1.54, 1.807) is 13.8 Å². The molecule has 0 amide bonds. The molecule has 0 aliphatic heterocycles. The fourth-order valence-corrected chi connectivity index (χ4v) is 2.38. The molecule has 0 radical (unpaired) electrons. The number of carbonyl (C=O) groups excluding carboxylic acids is 2. The average molecular weight is 294 g/mol. The average Bonchev–Trinajstić information content (AvgIpc) is 2.27. The first-order valence-electron chi connectivity index (χ1n) is 6.02. The van der Waals surface area contributed by atoms with E-state index in [0.29, 0.717) is 25.7 Å². The number of Topliss-reactive ketones (excluding diaryl/α,β-unsaturated/α-hetero) is 1. The number of phosphoric acid groups is 1. The highest BCUT2D eigenvalue weighted by Crippen LogP contribution is 2.40. The van der Waals surface area contributed by atoms with Gasteiger partial charge < -0.3 is 14.5 Å². The van der Waals surface area contributed by atoms with Crippen molar-refractivity contribution in [1.82, 2.24) is 0 Å². The Morgan fingerprint density at radius 3 is 2.26 bits per heavy atom. The van der Waals surface area contributed by atoms with E-state index in [1.807, 2.05) is 0 Å². The number of ether oxygens (including phenoxy) is 1. The number of hydrogen-bond acceptors (Lipinski definition) is 5. The Labute approximate surface area is 111 Å². The van der Waals surface area contributed by atoms with Crippen molar-refractivity contribution in [3.63, 3.8) is 0 Å². The number of hydrogen-bond donors (Lipinski definition) is 2. The molecule has 0 aromatic rings. The fraction of sp³-hybridized carbons (Fsp3) is 0.818. The molecule has 1 saturated carbocycles. The highest BCUT2D eigenvalue weighted by molar-refractivity contribution is 7.46. The van der Waals surface area contributed by atoms with Gasteiger partial charge in [0, 0.05) is 5.92 Å². The van der Waals surface area contributed by atoms with Crippen LogP contribution < -0.4 is 0 Å². The van der Waals surface area contributed by atoms with Gasteiger partial charge >= 0.3 is 13.8 Å². The molecule has 19 heavy (non-hydrogen) atoms. The third-order valence-electron chi connectivity index (χ3n) is 3.57. The molecule has 7 nitrogen and oxygen atoms in total. The van der Waals surface area contributed by atoms with E-state index in [4.69, 9.17) is 14.5 Å². The summed E-state index contributed by atoms with van der Waals surface area (Å²) in [5, 5.41) is 0. The third kappa shape index (κ3) is 5.03. The first-order chi connectivity index (χ1) is 8.64. The maximum Gasteiger partial charge on any atom is 0.472 e. The molecule has 0 bridgehead atoms. The molecule has 0 heterocycles. The highest BCUT2D eigenvalue weighted by Gasteiger charge is 2.40. The second kappa shape index (κ2) is 6.13. The standard InChI is InChI=1S/C11H19O7P/c1-8(12)9-3-5-11(2,6-4-9)10(13)17-7-18-19(14,15)16/h9H,3-7H2,1-2H3,(H2,14,15,16). The second-order valence-electron chi connectivity index (χ2n) is 5.11. The monoisotopic (exact) mass is 294 g/mol. The van der Waals surface area contributed by atoms with Gasteiger partial charge in [0.25, 0.3) is 0 Å². The van der Waals surface area contributed by atoms with Gasteiger partial charge in [-0.05, 0) is 39.5 Å². The van der Waals surface area contributed by atoms with Crippen LogP contribution in [0.15, 0.2) is 0 Å². The minimum Gasteiger partial charge on any atom is -0.437 e. The highest BCUT2D eigenvalue weighted by atomic mass is 31.2. The quantitative estimate of drug-likeness (QED) is 0.447. The summed E-state index contributed by atoms with van der Waals surface area (Å²) >= 11 is 0. The lowest BCUT2D eigenvalue weighted by Gasteiger charge is -2.34. The van der Waals surface area contributed by atoms with Crippen molar-refractivity contribution in [3.8, 4) is 0 Å². The van der Waals surface area contributed by atoms with E-state index in [9.17, 15) is 14.2 Å². The van der Waals surface area contributed by atoms with Crippen molar-refractivity contribution in [2.75, 3.05) is 6.79 Å². The van der Waals surface area contributed by atoms with E-state index in [0.717, 1.165) is 0 Å². The number of esters is 1. The number of carbonyl (C=O) groups is 2. The van der Waals surface area contributed by atoms with Crippen LogP contribution in [-0.2, 0) is 23.4 Å². The Morgan fingerprint density at radius 2 is 1.84 bits per heavy atom. The van der Waals surface area contributed by atoms with Gasteiger partial charge in [-0.25, -0.2) is 9.09 Å². The van der Waals surface area contributed by atoms with Crippen LogP contribution in [0.2, 0.25) is 0 Å². The zero-order valence-corrected chi connectivity index (χ0v) is 11.9. The lowest BCUT2D eigenvalue weighted by molar-refractivity contribution is -0.165. The Bertz CT molecular complexity index is 392. The molecular weight excluding hydrogens is 275 g/mol. The van der Waals surface area contributed by atoms with Crippen molar-refractivity contribution in [2.24, 2.45) is 11.3 Å². The van der Waals surface area contributed by atoms with E-state index in [2.05, 4.69) is 4.52 Å². The number of phosphoric ester groups is 1. The first-order valence-corrected chi connectivity index (χ1v) is 7.55. The van der Waals surface area contributed by atoms with E-state index in [-0.39, 0.29) is 11.7 Å². The molecule has 0 saturated heterocycles. The molecule has 110 valence electrons. The van der Waals surface area contributed by atoms with Crippen LogP contribution in [0.3, 0.4) is 0 Å². The molecule has 0 atom stereocenters. The zero-order chi connectivity index (χ0) is 14.7. The Kier molecular flexibility index (Phi) is 5.26. The Hall–Kier alpha value is -0.750. The molecule has 0 unspecified atom stereocenters. The van der Waals surface area contributed by atoms with Crippen LogP contribution >= 0.6 is 7.82 Å². The summed E-state index contributed by atoms with van der Waals surface area (Å²) in [5.74, 6) is -0.435. The van der Waals surface area contributed by atoms with Crippen molar-refractivity contribution in [2.45, 2.75) is 39.5 Å². The largest absolute Gasteiger partial charge is 0.472 e. The van der Waals surface area contributed by atoms with Crippen LogP contribution in [0.25, 0.3) is 0 Å². The summed E-state index contributed by atoms with van der Waals surface area (Å²) in [4.78, 5) is 40.0. The van der Waals surface area contributed by atoms with Crippen LogP contribution in [0, 0.1) is 11.3 Å². The predicted molar refractivity (Wildman–Crippen MR) is 64.8 cm³/mol. The first kappa shape index (κ1) is 16.3. The van der Waals surface area contributed by atoms with Gasteiger partial charge in [-0.15, -0.1) is 0 Å². The van der Waals surface area contributed by atoms with Crippen LogP contribution in [0.1, 0.15) is 39.5 Å². The van der Waals surface area contributed by atoms with E-state index >= 15 is 0 Å². The zero-order valence-electron chi connectivity index (χ0n) is 11.0. The maximum absolute atomic E-state index is 11.8. The van der Waals surface area contributed by atoms with Crippen molar-refractivity contribution < 1.29 is 33.2 Å². The van der Waals surface area contributed by atoms with Crippen molar-refractivity contribution >= 4 is 19.6 Å². The van der Waals surface area contributed by atoms with Crippen molar-refractivity contribution in [1.29, 1.82) is 0 Å².